The molecule has 0 radical (unpaired) electrons. The Morgan fingerprint density at radius 2 is 1.81 bits per heavy atom. The van der Waals surface area contributed by atoms with E-state index in [1.807, 2.05) is 0 Å². The Balaban J connectivity index is 2.86. The van der Waals surface area contributed by atoms with Gasteiger partial charge in [0.15, 0.2) is 0 Å². The Hall–Kier alpha value is -1.81. The lowest BCUT2D eigenvalue weighted by Crippen LogP contribution is -2.10. The van der Waals surface area contributed by atoms with Gasteiger partial charge in [0.2, 0.25) is 0 Å². The first-order chi connectivity index (χ1) is 9.86. The highest BCUT2D eigenvalue weighted by molar-refractivity contribution is 5.97. The first-order valence-corrected chi connectivity index (χ1v) is 7.46. The van der Waals surface area contributed by atoms with Gasteiger partial charge >= 0.3 is 5.97 Å². The van der Waals surface area contributed by atoms with Crippen LogP contribution in [-0.4, -0.2) is 22.2 Å². The fourth-order valence-electron chi connectivity index (χ4n) is 2.84. The molecule has 0 unspecified atom stereocenters. The van der Waals surface area contributed by atoms with Gasteiger partial charge in [0, 0.05) is 24.7 Å². The van der Waals surface area contributed by atoms with Crippen molar-refractivity contribution in [1.29, 1.82) is 0 Å². The minimum absolute atomic E-state index is 0.262. The summed E-state index contributed by atoms with van der Waals surface area (Å²) in [6, 6.07) is 3.60. The zero-order valence-electron chi connectivity index (χ0n) is 13.2. The number of carboxylic acid groups (broad SMARTS) is 1. The Bertz CT molecular complexity index is 669. The van der Waals surface area contributed by atoms with Gasteiger partial charge in [0.05, 0.1) is 11.1 Å². The van der Waals surface area contributed by atoms with Gasteiger partial charge in [-0.3, -0.25) is 0 Å². The van der Waals surface area contributed by atoms with Crippen molar-refractivity contribution in [2.75, 3.05) is 6.54 Å². The molecule has 4 heteroatoms. The predicted octanol–water partition coefficient (Wildman–Crippen LogP) is 3.55. The lowest BCUT2D eigenvalue weighted by Gasteiger charge is -2.13. The van der Waals surface area contributed by atoms with Gasteiger partial charge in [-0.2, -0.15) is 0 Å². The Kier molecular flexibility index (Phi) is 4.37. The summed E-state index contributed by atoms with van der Waals surface area (Å²) in [5.41, 5.74) is 9.47. The van der Waals surface area contributed by atoms with Crippen LogP contribution in [-0.2, 0) is 6.54 Å². The monoisotopic (exact) mass is 288 g/mol. The second-order valence-corrected chi connectivity index (χ2v) is 6.14. The highest BCUT2D eigenvalue weighted by Gasteiger charge is 2.19. The molecule has 2 rings (SSSR count). The maximum absolute atomic E-state index is 11.4. The van der Waals surface area contributed by atoms with Crippen LogP contribution in [0.15, 0.2) is 18.3 Å². The number of carbonyl (C=O) groups is 1. The number of hydrogen-bond donors (Lipinski definition) is 2. The van der Waals surface area contributed by atoms with E-state index in [9.17, 15) is 9.90 Å². The molecule has 3 N–H and O–H groups in total. The number of fused-ring (bicyclic) bond motifs is 1. The van der Waals surface area contributed by atoms with Crippen molar-refractivity contribution in [3.8, 4) is 0 Å². The molecule has 4 nitrogen and oxygen atoms in total. The van der Waals surface area contributed by atoms with Crippen molar-refractivity contribution < 1.29 is 9.90 Å². The van der Waals surface area contributed by atoms with Gasteiger partial charge in [-0.05, 0) is 35.1 Å². The third-order valence-corrected chi connectivity index (χ3v) is 3.89. The van der Waals surface area contributed by atoms with E-state index in [-0.39, 0.29) is 5.92 Å². The number of aromatic carboxylic acids is 1. The number of rotatable bonds is 5. The first-order valence-electron chi connectivity index (χ1n) is 7.46. The van der Waals surface area contributed by atoms with Crippen LogP contribution in [0.2, 0.25) is 0 Å². The lowest BCUT2D eigenvalue weighted by atomic mass is 9.94. The second kappa shape index (κ2) is 5.90. The zero-order chi connectivity index (χ0) is 15.7. The fourth-order valence-corrected chi connectivity index (χ4v) is 2.84. The number of aromatic nitrogens is 1. The Morgan fingerprint density at radius 1 is 1.19 bits per heavy atom. The van der Waals surface area contributed by atoms with E-state index >= 15 is 0 Å². The van der Waals surface area contributed by atoms with Crippen LogP contribution in [0.25, 0.3) is 10.9 Å². The highest BCUT2D eigenvalue weighted by Crippen LogP contribution is 2.34. The standard InChI is InChI=1S/C17H24N2O2/c1-10(2)13-7-12(17(20)21)8-14-15(11(3)4)9-19(6-5-18)16(13)14/h7-11H,5-6,18H2,1-4H3,(H,20,21). The van der Waals surface area contributed by atoms with Gasteiger partial charge in [0.25, 0.3) is 0 Å². The van der Waals surface area contributed by atoms with Crippen molar-refractivity contribution in [3.63, 3.8) is 0 Å². The van der Waals surface area contributed by atoms with Crippen molar-refractivity contribution in [3.05, 3.63) is 35.0 Å². The van der Waals surface area contributed by atoms with Crippen molar-refractivity contribution in [1.82, 2.24) is 4.57 Å². The summed E-state index contributed by atoms with van der Waals surface area (Å²) < 4.78 is 2.17. The van der Waals surface area contributed by atoms with Gasteiger partial charge in [0.1, 0.15) is 0 Å². The molecular formula is C17H24N2O2. The average molecular weight is 288 g/mol. The quantitative estimate of drug-likeness (QED) is 0.884. The van der Waals surface area contributed by atoms with E-state index in [2.05, 4.69) is 38.5 Å². The largest absolute Gasteiger partial charge is 0.478 e. The van der Waals surface area contributed by atoms with E-state index in [1.165, 1.54) is 5.56 Å². The van der Waals surface area contributed by atoms with Crippen LogP contribution in [0, 0.1) is 0 Å². The van der Waals surface area contributed by atoms with Gasteiger partial charge < -0.3 is 15.4 Å². The Labute approximate surface area is 125 Å². The molecule has 0 saturated heterocycles. The molecule has 2 aromatic rings. The maximum Gasteiger partial charge on any atom is 0.335 e. The fraction of sp³-hybridized carbons (Fsp3) is 0.471. The summed E-state index contributed by atoms with van der Waals surface area (Å²) in [5.74, 6) is -0.270. The molecule has 0 aliphatic rings. The summed E-state index contributed by atoms with van der Waals surface area (Å²) in [4.78, 5) is 11.4. The van der Waals surface area contributed by atoms with Crippen LogP contribution in [0.3, 0.4) is 0 Å². The third kappa shape index (κ3) is 2.81. The topological polar surface area (TPSA) is 68.2 Å². The third-order valence-electron chi connectivity index (χ3n) is 3.89. The SMILES string of the molecule is CC(C)c1cn(CCN)c2c(C(C)C)cc(C(=O)O)cc12. The van der Waals surface area contributed by atoms with Crippen LogP contribution in [0.1, 0.15) is 61.0 Å². The van der Waals surface area contributed by atoms with E-state index in [4.69, 9.17) is 5.73 Å². The molecule has 114 valence electrons. The van der Waals surface area contributed by atoms with E-state index < -0.39 is 5.97 Å². The van der Waals surface area contributed by atoms with Crippen molar-refractivity contribution in [2.24, 2.45) is 5.73 Å². The number of nitrogens with two attached hydrogens (primary N) is 1. The summed E-state index contributed by atoms with van der Waals surface area (Å²) in [7, 11) is 0. The molecule has 0 aliphatic heterocycles. The van der Waals surface area contributed by atoms with Crippen LogP contribution in [0.5, 0.6) is 0 Å². The van der Waals surface area contributed by atoms with E-state index in [1.54, 1.807) is 12.1 Å². The molecule has 0 spiro atoms. The second-order valence-electron chi connectivity index (χ2n) is 6.14. The highest BCUT2D eigenvalue weighted by atomic mass is 16.4. The molecule has 21 heavy (non-hydrogen) atoms. The summed E-state index contributed by atoms with van der Waals surface area (Å²) in [5, 5.41) is 10.4. The van der Waals surface area contributed by atoms with Crippen LogP contribution >= 0.6 is 0 Å². The van der Waals surface area contributed by atoms with E-state index in [0.29, 0.717) is 18.0 Å². The molecule has 0 saturated carbocycles. The minimum Gasteiger partial charge on any atom is -0.478 e. The number of nitrogens with zero attached hydrogens (tertiary/aromatic N) is 1. The van der Waals surface area contributed by atoms with E-state index in [0.717, 1.165) is 23.0 Å². The van der Waals surface area contributed by atoms with Crippen LogP contribution in [0.4, 0.5) is 0 Å². The molecule has 0 atom stereocenters. The average Bonchev–Trinajstić information content (AvgIpc) is 2.77. The first kappa shape index (κ1) is 15.6. The van der Waals surface area contributed by atoms with Crippen LogP contribution < -0.4 is 5.73 Å². The molecule has 1 aromatic heterocycles. The minimum atomic E-state index is -0.875. The Morgan fingerprint density at radius 3 is 2.29 bits per heavy atom. The van der Waals surface area contributed by atoms with Gasteiger partial charge in [-0.15, -0.1) is 0 Å². The van der Waals surface area contributed by atoms with Gasteiger partial charge in [-0.1, -0.05) is 27.7 Å². The number of hydrogen-bond acceptors (Lipinski definition) is 2. The van der Waals surface area contributed by atoms with Crippen molar-refractivity contribution in [2.45, 2.75) is 46.1 Å². The predicted molar refractivity (Wildman–Crippen MR) is 86.1 cm³/mol. The summed E-state index contributed by atoms with van der Waals surface area (Å²) >= 11 is 0. The summed E-state index contributed by atoms with van der Waals surface area (Å²) in [6.07, 6.45) is 2.12. The van der Waals surface area contributed by atoms with Crippen molar-refractivity contribution >= 4 is 16.9 Å². The molecular weight excluding hydrogens is 264 g/mol. The smallest absolute Gasteiger partial charge is 0.335 e. The summed E-state index contributed by atoms with van der Waals surface area (Å²) in [6.45, 7) is 9.76. The number of carboxylic acids is 1. The molecule has 1 aromatic carbocycles. The van der Waals surface area contributed by atoms with Gasteiger partial charge in [-0.25, -0.2) is 4.79 Å². The molecule has 0 aliphatic carbocycles. The number of benzene rings is 1. The normalized spacial score (nSPS) is 11.8. The molecule has 0 amide bonds. The lowest BCUT2D eigenvalue weighted by molar-refractivity contribution is 0.0697. The maximum atomic E-state index is 11.4. The molecule has 0 fully saturated rings. The zero-order valence-corrected chi connectivity index (χ0v) is 13.2. The molecule has 1 heterocycles. The molecule has 0 bridgehead atoms.